The lowest BCUT2D eigenvalue weighted by atomic mass is 10.1. The van der Waals surface area contributed by atoms with Gasteiger partial charge in [-0.05, 0) is 48.1 Å². The van der Waals surface area contributed by atoms with Gasteiger partial charge in [0.1, 0.15) is 0 Å². The molecule has 1 heterocycles. The fourth-order valence-electron chi connectivity index (χ4n) is 2.86. The second-order valence-corrected chi connectivity index (χ2v) is 6.09. The second kappa shape index (κ2) is 6.69. The molecule has 3 aromatic rings. The monoisotopic (exact) mass is 306 g/mol. The Morgan fingerprint density at radius 3 is 2.78 bits per heavy atom. The third-order valence-corrected chi connectivity index (χ3v) is 4.16. The van der Waals surface area contributed by atoms with Gasteiger partial charge in [-0.25, -0.2) is 0 Å². The Morgan fingerprint density at radius 1 is 1.09 bits per heavy atom. The molecule has 0 fully saturated rings. The zero-order valence-corrected chi connectivity index (χ0v) is 13.7. The first kappa shape index (κ1) is 15.3. The molecule has 0 radical (unpaired) electrons. The van der Waals surface area contributed by atoms with Crippen LogP contribution in [0.1, 0.15) is 23.1 Å². The maximum atomic E-state index is 12.0. The van der Waals surface area contributed by atoms with Crippen molar-refractivity contribution in [2.75, 3.05) is 0 Å². The van der Waals surface area contributed by atoms with E-state index in [0.29, 0.717) is 13.0 Å². The molecular weight excluding hydrogens is 284 g/mol. The van der Waals surface area contributed by atoms with Gasteiger partial charge < -0.3 is 9.88 Å². The Bertz CT molecular complexity index is 833. The molecule has 0 saturated carbocycles. The number of amides is 1. The van der Waals surface area contributed by atoms with Crippen LogP contribution >= 0.6 is 0 Å². The standard InChI is InChI=1S/C20H22N2O/c1-15-4-3-5-17(12-15)14-21-20(23)9-7-16-6-8-19-18(13-16)10-11-22(19)2/h3-6,8,10-13H,7,9,14H2,1-2H3,(H,21,23). The number of rotatable bonds is 5. The SMILES string of the molecule is Cc1cccc(CNC(=O)CCc2ccc3c(ccn3C)c2)c1. The van der Waals surface area contributed by atoms with E-state index in [0.717, 1.165) is 12.0 Å². The van der Waals surface area contributed by atoms with Crippen molar-refractivity contribution in [3.63, 3.8) is 0 Å². The molecule has 3 heteroatoms. The minimum Gasteiger partial charge on any atom is -0.352 e. The summed E-state index contributed by atoms with van der Waals surface area (Å²) in [5.74, 6) is 0.0969. The summed E-state index contributed by atoms with van der Waals surface area (Å²) in [5, 5.41) is 4.22. The smallest absolute Gasteiger partial charge is 0.220 e. The summed E-state index contributed by atoms with van der Waals surface area (Å²) in [6, 6.07) is 16.7. The van der Waals surface area contributed by atoms with Crippen molar-refractivity contribution in [2.24, 2.45) is 7.05 Å². The van der Waals surface area contributed by atoms with Crippen molar-refractivity contribution in [3.8, 4) is 0 Å². The van der Waals surface area contributed by atoms with E-state index in [1.54, 1.807) is 0 Å². The van der Waals surface area contributed by atoms with E-state index in [2.05, 4.69) is 59.4 Å². The summed E-state index contributed by atoms with van der Waals surface area (Å²) in [7, 11) is 2.04. The highest BCUT2D eigenvalue weighted by atomic mass is 16.1. The minimum atomic E-state index is 0.0969. The number of hydrogen-bond acceptors (Lipinski definition) is 1. The van der Waals surface area contributed by atoms with Gasteiger partial charge >= 0.3 is 0 Å². The van der Waals surface area contributed by atoms with Gasteiger partial charge in [0.25, 0.3) is 0 Å². The zero-order chi connectivity index (χ0) is 16.2. The van der Waals surface area contributed by atoms with Crippen molar-refractivity contribution in [3.05, 3.63) is 71.4 Å². The number of nitrogens with zero attached hydrogens (tertiary/aromatic N) is 1. The molecular formula is C20H22N2O. The summed E-state index contributed by atoms with van der Waals surface area (Å²) in [6.07, 6.45) is 3.34. The summed E-state index contributed by atoms with van der Waals surface area (Å²) < 4.78 is 2.10. The van der Waals surface area contributed by atoms with E-state index < -0.39 is 0 Å². The summed E-state index contributed by atoms with van der Waals surface area (Å²) in [4.78, 5) is 12.0. The summed E-state index contributed by atoms with van der Waals surface area (Å²) in [6.45, 7) is 2.66. The van der Waals surface area contributed by atoms with E-state index in [1.807, 2.05) is 19.2 Å². The number of carbonyl (C=O) groups excluding carboxylic acids is 1. The van der Waals surface area contributed by atoms with Crippen molar-refractivity contribution < 1.29 is 4.79 Å². The number of benzene rings is 2. The van der Waals surface area contributed by atoms with Gasteiger partial charge in [0.15, 0.2) is 0 Å². The molecule has 2 aromatic carbocycles. The normalized spacial score (nSPS) is 10.9. The van der Waals surface area contributed by atoms with Gasteiger partial charge in [-0.2, -0.15) is 0 Å². The summed E-state index contributed by atoms with van der Waals surface area (Å²) >= 11 is 0. The molecule has 1 N–H and O–H groups in total. The van der Waals surface area contributed by atoms with Crippen molar-refractivity contribution in [1.82, 2.24) is 9.88 Å². The first-order chi connectivity index (χ1) is 11.1. The Balaban J connectivity index is 1.53. The van der Waals surface area contributed by atoms with Crippen LogP contribution in [-0.4, -0.2) is 10.5 Å². The van der Waals surface area contributed by atoms with Crippen LogP contribution in [-0.2, 0) is 24.8 Å². The first-order valence-electron chi connectivity index (χ1n) is 7.98. The van der Waals surface area contributed by atoms with E-state index in [-0.39, 0.29) is 5.91 Å². The van der Waals surface area contributed by atoms with Gasteiger partial charge in [-0.3, -0.25) is 4.79 Å². The highest BCUT2D eigenvalue weighted by molar-refractivity contribution is 5.81. The molecule has 3 nitrogen and oxygen atoms in total. The maximum absolute atomic E-state index is 12.0. The predicted molar refractivity (Wildman–Crippen MR) is 94.3 cm³/mol. The number of nitrogens with one attached hydrogen (secondary N) is 1. The number of carbonyl (C=O) groups is 1. The van der Waals surface area contributed by atoms with Crippen LogP contribution in [0.5, 0.6) is 0 Å². The lowest BCUT2D eigenvalue weighted by Gasteiger charge is -2.07. The molecule has 0 bridgehead atoms. The lowest BCUT2D eigenvalue weighted by Crippen LogP contribution is -2.23. The minimum absolute atomic E-state index is 0.0969. The fraction of sp³-hybridized carbons (Fsp3) is 0.250. The number of aryl methyl sites for hydroxylation is 3. The van der Waals surface area contributed by atoms with E-state index in [4.69, 9.17) is 0 Å². The Morgan fingerprint density at radius 2 is 1.96 bits per heavy atom. The quantitative estimate of drug-likeness (QED) is 0.765. The maximum Gasteiger partial charge on any atom is 0.220 e. The van der Waals surface area contributed by atoms with Gasteiger partial charge in [0, 0.05) is 31.7 Å². The largest absolute Gasteiger partial charge is 0.352 e. The first-order valence-corrected chi connectivity index (χ1v) is 7.98. The highest BCUT2D eigenvalue weighted by Gasteiger charge is 2.04. The van der Waals surface area contributed by atoms with Crippen molar-refractivity contribution in [2.45, 2.75) is 26.3 Å². The van der Waals surface area contributed by atoms with Crippen molar-refractivity contribution >= 4 is 16.8 Å². The van der Waals surface area contributed by atoms with Gasteiger partial charge in [0.2, 0.25) is 5.91 Å². The van der Waals surface area contributed by atoms with Crippen LogP contribution in [0.25, 0.3) is 10.9 Å². The van der Waals surface area contributed by atoms with Gasteiger partial charge in [0.05, 0.1) is 0 Å². The van der Waals surface area contributed by atoms with E-state index >= 15 is 0 Å². The molecule has 3 rings (SSSR count). The van der Waals surface area contributed by atoms with Gasteiger partial charge in [-0.15, -0.1) is 0 Å². The molecule has 0 saturated heterocycles. The molecule has 0 aliphatic carbocycles. The van der Waals surface area contributed by atoms with E-state index in [1.165, 1.54) is 22.0 Å². The number of aromatic nitrogens is 1. The van der Waals surface area contributed by atoms with E-state index in [9.17, 15) is 4.79 Å². The predicted octanol–water partition coefficient (Wildman–Crippen LogP) is 3.74. The Labute approximate surface area is 136 Å². The molecule has 0 aliphatic heterocycles. The topological polar surface area (TPSA) is 34.0 Å². The average Bonchev–Trinajstić information content (AvgIpc) is 2.92. The highest BCUT2D eigenvalue weighted by Crippen LogP contribution is 2.17. The molecule has 1 aromatic heterocycles. The molecule has 0 unspecified atom stereocenters. The van der Waals surface area contributed by atoms with Crippen LogP contribution in [0, 0.1) is 6.92 Å². The fourth-order valence-corrected chi connectivity index (χ4v) is 2.86. The Hall–Kier alpha value is -2.55. The number of fused-ring (bicyclic) bond motifs is 1. The molecule has 1 amide bonds. The van der Waals surface area contributed by atoms with Crippen LogP contribution in [0.3, 0.4) is 0 Å². The molecule has 118 valence electrons. The Kier molecular flexibility index (Phi) is 4.47. The van der Waals surface area contributed by atoms with Crippen LogP contribution < -0.4 is 5.32 Å². The summed E-state index contributed by atoms with van der Waals surface area (Å²) in [5.41, 5.74) is 4.78. The molecule has 0 aliphatic rings. The van der Waals surface area contributed by atoms with Crippen LogP contribution in [0.15, 0.2) is 54.7 Å². The molecule has 0 spiro atoms. The average molecular weight is 306 g/mol. The van der Waals surface area contributed by atoms with Crippen LogP contribution in [0.4, 0.5) is 0 Å². The molecule has 23 heavy (non-hydrogen) atoms. The van der Waals surface area contributed by atoms with Crippen molar-refractivity contribution in [1.29, 1.82) is 0 Å². The second-order valence-electron chi connectivity index (χ2n) is 6.09. The van der Waals surface area contributed by atoms with Crippen LogP contribution in [0.2, 0.25) is 0 Å². The third kappa shape index (κ3) is 3.81. The zero-order valence-electron chi connectivity index (χ0n) is 13.7. The molecule has 0 atom stereocenters. The third-order valence-electron chi connectivity index (χ3n) is 4.16. The lowest BCUT2D eigenvalue weighted by molar-refractivity contribution is -0.121. The van der Waals surface area contributed by atoms with Gasteiger partial charge in [-0.1, -0.05) is 35.9 Å². The number of hydrogen-bond donors (Lipinski definition) is 1.